The topological polar surface area (TPSA) is 123 Å². The molecule has 2 aromatic rings. The number of nitrogens with zero attached hydrogens (tertiary/aromatic N) is 1. The second-order valence-corrected chi connectivity index (χ2v) is 12.6. The van der Waals surface area contributed by atoms with E-state index in [4.69, 9.17) is 14.2 Å². The van der Waals surface area contributed by atoms with Gasteiger partial charge in [-0.2, -0.15) is 0 Å². The zero-order valence-corrected chi connectivity index (χ0v) is 26.4. The molecular weight excluding hydrogens is 562 g/mol. The maximum absolute atomic E-state index is 13.2. The van der Waals surface area contributed by atoms with Gasteiger partial charge in [0, 0.05) is 19.0 Å². The fraction of sp³-hybridized carbons (Fsp3) is 0.529. The number of hydrogen-bond acceptors (Lipinski definition) is 7. The van der Waals surface area contributed by atoms with Crippen molar-refractivity contribution in [2.24, 2.45) is 0 Å². The summed E-state index contributed by atoms with van der Waals surface area (Å²) in [6, 6.07) is 14.7. The van der Waals surface area contributed by atoms with E-state index in [0.29, 0.717) is 45.2 Å². The number of unbranched alkanes of at least 4 members (excludes halogenated alkanes) is 1. The van der Waals surface area contributed by atoms with Crippen LogP contribution in [0.15, 0.2) is 48.5 Å². The molecule has 238 valence electrons. The smallest absolute Gasteiger partial charge is 0.410 e. The molecule has 10 heteroatoms. The molecule has 2 atom stereocenters. The fourth-order valence-electron chi connectivity index (χ4n) is 5.72. The summed E-state index contributed by atoms with van der Waals surface area (Å²) in [6.45, 7) is 9.81. The first-order valence-electron chi connectivity index (χ1n) is 15.5. The predicted molar refractivity (Wildman–Crippen MR) is 166 cm³/mol. The van der Waals surface area contributed by atoms with E-state index in [-0.39, 0.29) is 18.6 Å². The van der Waals surface area contributed by atoms with Crippen LogP contribution in [-0.4, -0.2) is 72.4 Å². The Bertz CT molecular complexity index is 1290. The van der Waals surface area contributed by atoms with Gasteiger partial charge in [0.15, 0.2) is 0 Å². The lowest BCUT2D eigenvalue weighted by molar-refractivity contribution is -0.152. The molecule has 1 aliphatic heterocycles. The number of likely N-dealkylation sites (tertiary alicyclic amines) is 1. The third kappa shape index (κ3) is 8.51. The van der Waals surface area contributed by atoms with Gasteiger partial charge >= 0.3 is 18.2 Å². The molecule has 2 aromatic carbocycles. The fourth-order valence-corrected chi connectivity index (χ4v) is 5.72. The monoisotopic (exact) mass is 607 g/mol. The molecule has 0 saturated carbocycles. The van der Waals surface area contributed by atoms with Gasteiger partial charge < -0.3 is 24.8 Å². The van der Waals surface area contributed by atoms with Gasteiger partial charge in [0.25, 0.3) is 0 Å². The van der Waals surface area contributed by atoms with Crippen LogP contribution in [0.5, 0.6) is 0 Å². The van der Waals surface area contributed by atoms with Crippen LogP contribution in [-0.2, 0) is 23.8 Å². The van der Waals surface area contributed by atoms with Crippen LogP contribution in [0.2, 0.25) is 0 Å². The van der Waals surface area contributed by atoms with Crippen LogP contribution >= 0.6 is 0 Å². The number of ether oxygens (including phenoxy) is 3. The van der Waals surface area contributed by atoms with Gasteiger partial charge in [-0.05, 0) is 89.0 Å². The molecule has 4 rings (SSSR count). The first-order valence-corrected chi connectivity index (χ1v) is 15.5. The summed E-state index contributed by atoms with van der Waals surface area (Å²) in [5.74, 6) is -0.953. The van der Waals surface area contributed by atoms with Crippen molar-refractivity contribution in [2.75, 3.05) is 19.7 Å². The minimum absolute atomic E-state index is 0.0180. The second-order valence-electron chi connectivity index (χ2n) is 12.6. The van der Waals surface area contributed by atoms with Crippen LogP contribution in [0.3, 0.4) is 0 Å². The molecule has 0 aromatic heterocycles. The van der Waals surface area contributed by atoms with Crippen molar-refractivity contribution in [1.82, 2.24) is 15.5 Å². The highest BCUT2D eigenvalue weighted by atomic mass is 16.6. The lowest BCUT2D eigenvalue weighted by Crippen LogP contribution is -2.52. The molecule has 1 aliphatic carbocycles. The van der Waals surface area contributed by atoms with Gasteiger partial charge in [-0.3, -0.25) is 9.69 Å². The summed E-state index contributed by atoms with van der Waals surface area (Å²) in [6.07, 6.45) is 1.20. The summed E-state index contributed by atoms with van der Waals surface area (Å²) >= 11 is 0. The largest absolute Gasteiger partial charge is 0.461 e. The lowest BCUT2D eigenvalue weighted by Gasteiger charge is -2.29. The van der Waals surface area contributed by atoms with E-state index in [0.717, 1.165) is 11.1 Å². The van der Waals surface area contributed by atoms with Crippen LogP contribution in [0.25, 0.3) is 11.1 Å². The summed E-state index contributed by atoms with van der Waals surface area (Å²) < 4.78 is 16.5. The van der Waals surface area contributed by atoms with E-state index in [9.17, 15) is 19.2 Å². The van der Waals surface area contributed by atoms with Gasteiger partial charge in [-0.25, -0.2) is 14.4 Å². The van der Waals surface area contributed by atoms with E-state index < -0.39 is 41.7 Å². The highest BCUT2D eigenvalue weighted by Gasteiger charge is 2.38. The molecule has 1 fully saturated rings. The third-order valence-corrected chi connectivity index (χ3v) is 7.67. The molecule has 2 N–H and O–H groups in total. The molecule has 1 heterocycles. The van der Waals surface area contributed by atoms with Crippen LogP contribution in [0.1, 0.15) is 83.8 Å². The van der Waals surface area contributed by atoms with Crippen LogP contribution < -0.4 is 10.6 Å². The van der Waals surface area contributed by atoms with E-state index in [1.54, 1.807) is 34.6 Å². The standard InChI is InChI=1S/C34H45N3O7/c1-22(2)43-31(39)28(36-30(38)29-18-12-20-37(29)33(41)44-34(3,4)5)17-10-11-19-35-32(40)42-21-27-25-15-8-6-13-23(25)24-14-7-9-16-26(24)27/h6-9,13-16,22,27-29H,10-12,17-21H2,1-5H3,(H,35,40)(H,36,38)/t28-,29?/m1/s1. The van der Waals surface area contributed by atoms with Gasteiger partial charge in [0.1, 0.15) is 24.3 Å². The number of amides is 3. The number of hydrogen-bond donors (Lipinski definition) is 2. The normalized spacial score (nSPS) is 16.6. The quantitative estimate of drug-likeness (QED) is 0.196. The Morgan fingerprint density at radius 2 is 1.59 bits per heavy atom. The highest BCUT2D eigenvalue weighted by Crippen LogP contribution is 2.44. The second kappa shape index (κ2) is 14.6. The van der Waals surface area contributed by atoms with Crippen molar-refractivity contribution in [3.05, 3.63) is 59.7 Å². The molecule has 3 amide bonds. The van der Waals surface area contributed by atoms with Crippen molar-refractivity contribution >= 4 is 24.1 Å². The van der Waals surface area contributed by atoms with E-state index in [2.05, 4.69) is 34.9 Å². The first-order chi connectivity index (χ1) is 20.9. The Labute approximate surface area is 259 Å². The number of nitrogens with one attached hydrogen (secondary N) is 2. The maximum Gasteiger partial charge on any atom is 0.410 e. The van der Waals surface area contributed by atoms with Gasteiger partial charge in [-0.15, -0.1) is 0 Å². The van der Waals surface area contributed by atoms with Crippen molar-refractivity contribution in [2.45, 2.75) is 96.4 Å². The number of fused-ring (bicyclic) bond motifs is 3. The molecule has 44 heavy (non-hydrogen) atoms. The molecular formula is C34H45N3O7. The van der Waals surface area contributed by atoms with Crippen LogP contribution in [0.4, 0.5) is 9.59 Å². The van der Waals surface area contributed by atoms with Crippen LogP contribution in [0, 0.1) is 0 Å². The molecule has 10 nitrogen and oxygen atoms in total. The zero-order chi connectivity index (χ0) is 31.9. The van der Waals surface area contributed by atoms with Crippen molar-refractivity contribution in [1.29, 1.82) is 0 Å². The van der Waals surface area contributed by atoms with E-state index >= 15 is 0 Å². The number of alkyl carbamates (subject to hydrolysis) is 1. The first kappa shape index (κ1) is 32.8. The van der Waals surface area contributed by atoms with Crippen molar-refractivity contribution in [3.8, 4) is 11.1 Å². The van der Waals surface area contributed by atoms with Gasteiger partial charge in [-0.1, -0.05) is 48.5 Å². The molecule has 2 aliphatic rings. The van der Waals surface area contributed by atoms with Crippen molar-refractivity contribution in [3.63, 3.8) is 0 Å². The Hall–Kier alpha value is -4.08. The Kier molecular flexibility index (Phi) is 10.9. The summed E-state index contributed by atoms with van der Waals surface area (Å²) in [4.78, 5) is 52.6. The Morgan fingerprint density at radius 1 is 0.955 bits per heavy atom. The SMILES string of the molecule is CC(C)OC(=O)[C@@H](CCCCNC(=O)OCC1c2ccccc2-c2ccccc21)NC(=O)C1CCCN1C(=O)OC(C)(C)C. The lowest BCUT2D eigenvalue weighted by atomic mass is 9.98. The summed E-state index contributed by atoms with van der Waals surface area (Å²) in [5.41, 5.74) is 3.95. The highest BCUT2D eigenvalue weighted by molar-refractivity contribution is 5.90. The van der Waals surface area contributed by atoms with Gasteiger partial charge in [0.05, 0.1) is 6.10 Å². The number of rotatable bonds is 11. The van der Waals surface area contributed by atoms with Crippen molar-refractivity contribution < 1.29 is 33.4 Å². The Balaban J connectivity index is 1.24. The minimum Gasteiger partial charge on any atom is -0.461 e. The average molecular weight is 608 g/mol. The average Bonchev–Trinajstić information content (AvgIpc) is 3.58. The third-order valence-electron chi connectivity index (χ3n) is 7.67. The van der Waals surface area contributed by atoms with E-state index in [1.807, 2.05) is 24.3 Å². The summed E-state index contributed by atoms with van der Waals surface area (Å²) in [5, 5.41) is 5.59. The number of carbonyl (C=O) groups is 4. The molecule has 0 radical (unpaired) electrons. The predicted octanol–water partition coefficient (Wildman–Crippen LogP) is 5.53. The Morgan fingerprint density at radius 3 is 2.20 bits per heavy atom. The molecule has 0 bridgehead atoms. The van der Waals surface area contributed by atoms with E-state index in [1.165, 1.54) is 16.0 Å². The number of benzene rings is 2. The van der Waals surface area contributed by atoms with Gasteiger partial charge in [0.2, 0.25) is 5.91 Å². The molecule has 1 saturated heterocycles. The number of carbonyl (C=O) groups excluding carboxylic acids is 4. The zero-order valence-electron chi connectivity index (χ0n) is 26.4. The summed E-state index contributed by atoms with van der Waals surface area (Å²) in [7, 11) is 0. The molecule has 1 unspecified atom stereocenters. The molecule has 0 spiro atoms. The number of esters is 1. The minimum atomic E-state index is -0.875. The maximum atomic E-state index is 13.2.